The Hall–Kier alpha value is -2.51. The summed E-state index contributed by atoms with van der Waals surface area (Å²) in [7, 11) is 1.66. The van der Waals surface area contributed by atoms with Crippen molar-refractivity contribution in [1.82, 2.24) is 19.7 Å². The van der Waals surface area contributed by atoms with E-state index in [2.05, 4.69) is 29.0 Å². The van der Waals surface area contributed by atoms with Gasteiger partial charge in [0, 0.05) is 30.6 Å². The quantitative estimate of drug-likeness (QED) is 0.401. The van der Waals surface area contributed by atoms with Gasteiger partial charge in [0.1, 0.15) is 0 Å². The highest BCUT2D eigenvalue weighted by Gasteiger charge is 2.16. The van der Waals surface area contributed by atoms with Gasteiger partial charge < -0.3 is 4.74 Å². The number of aromatic nitrogens is 4. The fraction of sp³-hybridized carbons (Fsp3) is 0.333. The number of nitrogens with zero attached hydrogens (tertiary/aromatic N) is 4. The second-order valence-corrected chi connectivity index (χ2v) is 7.62. The summed E-state index contributed by atoms with van der Waals surface area (Å²) >= 11 is 1.40. The molecule has 3 rings (SSSR count). The first kappa shape index (κ1) is 20.2. The largest absolute Gasteiger partial charge is 0.383 e. The molecule has 0 saturated heterocycles. The predicted octanol–water partition coefficient (Wildman–Crippen LogP) is 4.08. The molecule has 0 atom stereocenters. The summed E-state index contributed by atoms with van der Waals surface area (Å²) in [5.41, 5.74) is 2.88. The topological polar surface area (TPSA) is 69.9 Å². The van der Waals surface area contributed by atoms with E-state index < -0.39 is 0 Å². The van der Waals surface area contributed by atoms with Crippen molar-refractivity contribution < 1.29 is 9.53 Å². The van der Waals surface area contributed by atoms with Gasteiger partial charge >= 0.3 is 0 Å². The molecule has 28 heavy (non-hydrogen) atoms. The van der Waals surface area contributed by atoms with E-state index in [0.29, 0.717) is 35.5 Å². The predicted molar refractivity (Wildman–Crippen MR) is 111 cm³/mol. The van der Waals surface area contributed by atoms with Crippen molar-refractivity contribution in [3.05, 3.63) is 59.9 Å². The first-order valence-corrected chi connectivity index (χ1v) is 10.2. The van der Waals surface area contributed by atoms with Crippen LogP contribution in [0.4, 0.5) is 0 Å². The summed E-state index contributed by atoms with van der Waals surface area (Å²) in [5, 5.41) is 9.32. The zero-order valence-electron chi connectivity index (χ0n) is 16.3. The molecule has 0 saturated carbocycles. The summed E-state index contributed by atoms with van der Waals surface area (Å²) < 4.78 is 7.21. The van der Waals surface area contributed by atoms with Crippen LogP contribution in [0.25, 0.3) is 11.4 Å². The van der Waals surface area contributed by atoms with Crippen LogP contribution in [-0.2, 0) is 11.3 Å². The number of hydrogen-bond acceptors (Lipinski definition) is 6. The molecule has 0 spiro atoms. The van der Waals surface area contributed by atoms with E-state index in [1.165, 1.54) is 17.3 Å². The van der Waals surface area contributed by atoms with Gasteiger partial charge in [-0.1, -0.05) is 49.9 Å². The molecule has 0 aliphatic heterocycles. The number of rotatable bonds is 9. The molecule has 1 aromatic carbocycles. The molecule has 0 aliphatic carbocycles. The van der Waals surface area contributed by atoms with Crippen LogP contribution in [0.3, 0.4) is 0 Å². The van der Waals surface area contributed by atoms with E-state index in [0.717, 1.165) is 11.4 Å². The smallest absolute Gasteiger partial charge is 0.192 e. The van der Waals surface area contributed by atoms with E-state index in [-0.39, 0.29) is 5.78 Å². The van der Waals surface area contributed by atoms with Crippen LogP contribution >= 0.6 is 11.8 Å². The monoisotopic (exact) mass is 396 g/mol. The zero-order valence-corrected chi connectivity index (χ0v) is 17.1. The standard InChI is InChI=1S/C21H24N4O2S/c1-15(2)16-4-6-17(7-5-16)19(26)14-28-21-24-23-20(25(21)12-13-27-3)18-8-10-22-11-9-18/h4-11,15H,12-14H2,1-3H3. The Balaban J connectivity index is 1.74. The van der Waals surface area contributed by atoms with Crippen LogP contribution in [0.15, 0.2) is 53.9 Å². The number of benzene rings is 1. The Bertz CT molecular complexity index is 908. The molecule has 2 heterocycles. The van der Waals surface area contributed by atoms with Gasteiger partial charge in [-0.3, -0.25) is 14.3 Å². The average Bonchev–Trinajstić information content (AvgIpc) is 3.13. The third-order valence-electron chi connectivity index (χ3n) is 4.41. The van der Waals surface area contributed by atoms with Crippen LogP contribution in [0, 0.1) is 0 Å². The first-order chi connectivity index (χ1) is 13.6. The Labute approximate surface area is 169 Å². The lowest BCUT2D eigenvalue weighted by Gasteiger charge is -2.10. The van der Waals surface area contributed by atoms with Crippen molar-refractivity contribution in [3.8, 4) is 11.4 Å². The Morgan fingerprint density at radius 2 is 1.82 bits per heavy atom. The van der Waals surface area contributed by atoms with E-state index in [9.17, 15) is 4.79 Å². The Morgan fingerprint density at radius 1 is 1.11 bits per heavy atom. The van der Waals surface area contributed by atoms with Crippen LogP contribution in [0.5, 0.6) is 0 Å². The van der Waals surface area contributed by atoms with Gasteiger partial charge in [-0.2, -0.15) is 0 Å². The number of hydrogen-bond donors (Lipinski definition) is 0. The number of pyridine rings is 1. The summed E-state index contributed by atoms with van der Waals surface area (Å²) in [5.74, 6) is 1.58. The van der Waals surface area contributed by atoms with Crippen molar-refractivity contribution in [3.63, 3.8) is 0 Å². The van der Waals surface area contributed by atoms with E-state index >= 15 is 0 Å². The summed E-state index contributed by atoms with van der Waals surface area (Å²) in [6, 6.07) is 11.6. The maximum Gasteiger partial charge on any atom is 0.192 e. The lowest BCUT2D eigenvalue weighted by atomic mass is 10.0. The number of carbonyl (C=O) groups is 1. The van der Waals surface area contributed by atoms with Gasteiger partial charge in [-0.25, -0.2) is 0 Å². The van der Waals surface area contributed by atoms with Crippen molar-refractivity contribution >= 4 is 17.5 Å². The third kappa shape index (κ3) is 4.85. The molecule has 0 N–H and O–H groups in total. The van der Waals surface area contributed by atoms with Crippen LogP contribution in [0.2, 0.25) is 0 Å². The van der Waals surface area contributed by atoms with Crippen LogP contribution in [0.1, 0.15) is 35.7 Å². The molecule has 2 aromatic heterocycles. The molecule has 0 amide bonds. The summed E-state index contributed by atoms with van der Waals surface area (Å²) in [4.78, 5) is 16.6. The molecule has 6 nitrogen and oxygen atoms in total. The number of Topliss-reactive ketones (excluding diaryl/α,β-unsaturated/α-hetero) is 1. The van der Waals surface area contributed by atoms with E-state index in [1.54, 1.807) is 19.5 Å². The maximum absolute atomic E-state index is 12.6. The summed E-state index contributed by atoms with van der Waals surface area (Å²) in [6.07, 6.45) is 3.45. The molecule has 0 fully saturated rings. The lowest BCUT2D eigenvalue weighted by molar-refractivity contribution is 0.102. The molecule has 0 aliphatic rings. The molecule has 0 unspecified atom stereocenters. The van der Waals surface area contributed by atoms with Gasteiger partial charge in [0.25, 0.3) is 0 Å². The van der Waals surface area contributed by atoms with Crippen molar-refractivity contribution in [2.75, 3.05) is 19.5 Å². The highest BCUT2D eigenvalue weighted by molar-refractivity contribution is 7.99. The number of ether oxygens (including phenoxy) is 1. The second-order valence-electron chi connectivity index (χ2n) is 6.68. The Kier molecular flexibility index (Phi) is 6.95. The maximum atomic E-state index is 12.6. The molecule has 3 aromatic rings. The SMILES string of the molecule is COCCn1c(SCC(=O)c2ccc(C(C)C)cc2)nnc1-c1ccncc1. The zero-order chi connectivity index (χ0) is 19.9. The average molecular weight is 397 g/mol. The molecule has 7 heteroatoms. The number of methoxy groups -OCH3 is 1. The minimum atomic E-state index is 0.0760. The number of carbonyl (C=O) groups excluding carboxylic acids is 1. The van der Waals surface area contributed by atoms with Crippen molar-refractivity contribution in [2.45, 2.75) is 31.5 Å². The van der Waals surface area contributed by atoms with E-state index in [1.807, 2.05) is 41.0 Å². The minimum absolute atomic E-state index is 0.0760. The number of ketones is 1. The Morgan fingerprint density at radius 3 is 2.46 bits per heavy atom. The second kappa shape index (κ2) is 9.61. The fourth-order valence-corrected chi connectivity index (χ4v) is 3.62. The van der Waals surface area contributed by atoms with Gasteiger partial charge in [0.05, 0.1) is 18.9 Å². The summed E-state index contributed by atoms with van der Waals surface area (Å²) in [6.45, 7) is 5.43. The normalized spacial score (nSPS) is 11.1. The van der Waals surface area contributed by atoms with Crippen molar-refractivity contribution in [1.29, 1.82) is 0 Å². The van der Waals surface area contributed by atoms with Crippen LogP contribution in [-0.4, -0.2) is 45.0 Å². The fourth-order valence-electron chi connectivity index (χ4n) is 2.76. The van der Waals surface area contributed by atoms with Crippen LogP contribution < -0.4 is 0 Å². The molecule has 0 bridgehead atoms. The molecular formula is C21H24N4O2S. The van der Waals surface area contributed by atoms with Gasteiger partial charge in [-0.15, -0.1) is 10.2 Å². The lowest BCUT2D eigenvalue weighted by Crippen LogP contribution is -2.09. The van der Waals surface area contributed by atoms with Gasteiger partial charge in [-0.05, 0) is 23.6 Å². The van der Waals surface area contributed by atoms with Gasteiger partial charge in [0.2, 0.25) is 0 Å². The highest BCUT2D eigenvalue weighted by Crippen LogP contribution is 2.24. The first-order valence-electron chi connectivity index (χ1n) is 9.18. The highest BCUT2D eigenvalue weighted by atomic mass is 32.2. The van der Waals surface area contributed by atoms with E-state index in [4.69, 9.17) is 4.74 Å². The van der Waals surface area contributed by atoms with Gasteiger partial charge in [0.15, 0.2) is 16.8 Å². The molecule has 146 valence electrons. The number of thioether (sulfide) groups is 1. The molecular weight excluding hydrogens is 372 g/mol. The minimum Gasteiger partial charge on any atom is -0.383 e. The third-order valence-corrected chi connectivity index (χ3v) is 5.37. The molecule has 0 radical (unpaired) electrons. The van der Waals surface area contributed by atoms with Crippen molar-refractivity contribution in [2.24, 2.45) is 0 Å².